The standard InChI is InChI=1S/C24H32O5/c1-15(2)20-17(27-19(25)11-10-16-8-6-5-7-9-16)14-24(4)18(28-24)12-13-23(3)22(29-23)21(20)26/h5-11,15,17-18,20-22,26H,12-14H2,1-4H3/t17-,18+,20+,21-,22-,23+,24+/m1/s1. The highest BCUT2D eigenvalue weighted by Gasteiger charge is 2.63. The lowest BCUT2D eigenvalue weighted by molar-refractivity contribution is -0.152. The molecule has 2 heterocycles. The smallest absolute Gasteiger partial charge is 0.331 e. The van der Waals surface area contributed by atoms with E-state index in [2.05, 4.69) is 27.7 Å². The van der Waals surface area contributed by atoms with Crippen LogP contribution in [0.15, 0.2) is 36.4 Å². The summed E-state index contributed by atoms with van der Waals surface area (Å²) in [4.78, 5) is 12.6. The van der Waals surface area contributed by atoms with E-state index in [0.29, 0.717) is 6.42 Å². The molecule has 0 bridgehead atoms. The van der Waals surface area contributed by atoms with E-state index in [0.717, 1.165) is 18.4 Å². The number of aliphatic hydroxyl groups excluding tert-OH is 1. The van der Waals surface area contributed by atoms with E-state index in [-0.39, 0.29) is 35.2 Å². The zero-order chi connectivity index (χ0) is 20.8. The van der Waals surface area contributed by atoms with Crippen LogP contribution in [-0.4, -0.2) is 46.7 Å². The maximum atomic E-state index is 12.6. The lowest BCUT2D eigenvalue weighted by atomic mass is 9.76. The number of esters is 1. The predicted molar refractivity (Wildman–Crippen MR) is 110 cm³/mol. The van der Waals surface area contributed by atoms with Crippen molar-refractivity contribution in [2.75, 3.05) is 0 Å². The molecule has 1 aromatic carbocycles. The number of hydrogen-bond donors (Lipinski definition) is 1. The minimum Gasteiger partial charge on any atom is -0.459 e. The van der Waals surface area contributed by atoms with Gasteiger partial charge in [-0.1, -0.05) is 44.2 Å². The molecule has 0 radical (unpaired) electrons. The molecule has 1 aromatic rings. The second-order valence-corrected chi connectivity index (χ2v) is 9.54. The van der Waals surface area contributed by atoms with Crippen LogP contribution in [0.1, 0.15) is 52.5 Å². The number of ether oxygens (including phenoxy) is 3. The Bertz CT molecular complexity index is 775. The minimum absolute atomic E-state index is 0.134. The number of carbonyl (C=O) groups excluding carboxylic acids is 1. The Balaban J connectivity index is 1.54. The zero-order valence-electron chi connectivity index (χ0n) is 17.7. The van der Waals surface area contributed by atoms with Crippen molar-refractivity contribution in [2.45, 2.75) is 82.6 Å². The summed E-state index contributed by atoms with van der Waals surface area (Å²) >= 11 is 0. The molecule has 7 atom stereocenters. The molecule has 0 unspecified atom stereocenters. The topological polar surface area (TPSA) is 71.6 Å². The molecule has 3 fully saturated rings. The van der Waals surface area contributed by atoms with Gasteiger partial charge in [0.25, 0.3) is 0 Å². The fourth-order valence-corrected chi connectivity index (χ4v) is 4.96. The van der Waals surface area contributed by atoms with Crippen LogP contribution in [-0.2, 0) is 19.0 Å². The Morgan fingerprint density at radius 2 is 1.93 bits per heavy atom. The second-order valence-electron chi connectivity index (χ2n) is 9.54. The van der Waals surface area contributed by atoms with Gasteiger partial charge in [0, 0.05) is 18.4 Å². The molecule has 1 aliphatic carbocycles. The molecule has 4 rings (SSSR count). The number of epoxide rings is 2. The summed E-state index contributed by atoms with van der Waals surface area (Å²) in [7, 11) is 0. The summed E-state index contributed by atoms with van der Waals surface area (Å²) in [5.74, 6) is -0.473. The van der Waals surface area contributed by atoms with Crippen LogP contribution in [0.25, 0.3) is 6.08 Å². The Morgan fingerprint density at radius 3 is 2.62 bits per heavy atom. The summed E-state index contributed by atoms with van der Waals surface area (Å²) in [6.45, 7) is 8.27. The maximum absolute atomic E-state index is 12.6. The van der Waals surface area contributed by atoms with Gasteiger partial charge in [0.15, 0.2) is 0 Å². The highest BCUT2D eigenvalue weighted by Crippen LogP contribution is 2.52. The molecule has 2 saturated heterocycles. The number of aliphatic hydroxyl groups is 1. The van der Waals surface area contributed by atoms with Gasteiger partial charge in [-0.3, -0.25) is 0 Å². The third kappa shape index (κ3) is 4.27. The van der Waals surface area contributed by atoms with E-state index >= 15 is 0 Å². The Hall–Kier alpha value is -1.69. The van der Waals surface area contributed by atoms with Gasteiger partial charge in [-0.2, -0.15) is 0 Å². The maximum Gasteiger partial charge on any atom is 0.331 e. The number of carbonyl (C=O) groups is 1. The molecule has 158 valence electrons. The first kappa shape index (κ1) is 20.6. The highest BCUT2D eigenvalue weighted by molar-refractivity contribution is 5.87. The van der Waals surface area contributed by atoms with E-state index in [1.54, 1.807) is 6.08 Å². The van der Waals surface area contributed by atoms with Crippen LogP contribution < -0.4 is 0 Å². The van der Waals surface area contributed by atoms with Gasteiger partial charge in [0.05, 0.1) is 23.4 Å². The quantitative estimate of drug-likeness (QED) is 0.474. The monoisotopic (exact) mass is 400 g/mol. The summed E-state index contributed by atoms with van der Waals surface area (Å²) in [5.41, 5.74) is 0.327. The van der Waals surface area contributed by atoms with Crippen LogP contribution in [0.4, 0.5) is 0 Å². The fraction of sp³-hybridized carbons (Fsp3) is 0.625. The largest absolute Gasteiger partial charge is 0.459 e. The van der Waals surface area contributed by atoms with Crippen molar-refractivity contribution in [3.63, 3.8) is 0 Å². The molecule has 1 saturated carbocycles. The van der Waals surface area contributed by atoms with Gasteiger partial charge >= 0.3 is 5.97 Å². The normalized spacial score (nSPS) is 41.5. The van der Waals surface area contributed by atoms with Crippen LogP contribution in [0, 0.1) is 11.8 Å². The molecular weight excluding hydrogens is 368 g/mol. The van der Waals surface area contributed by atoms with E-state index < -0.39 is 18.2 Å². The van der Waals surface area contributed by atoms with Gasteiger partial charge in [0.2, 0.25) is 0 Å². The molecule has 0 amide bonds. The van der Waals surface area contributed by atoms with E-state index in [1.165, 1.54) is 6.08 Å². The molecular formula is C24H32O5. The van der Waals surface area contributed by atoms with E-state index in [4.69, 9.17) is 14.2 Å². The van der Waals surface area contributed by atoms with Crippen molar-refractivity contribution >= 4 is 12.0 Å². The summed E-state index contributed by atoms with van der Waals surface area (Å²) in [6.07, 6.45) is 4.43. The Morgan fingerprint density at radius 1 is 1.21 bits per heavy atom. The van der Waals surface area contributed by atoms with Crippen molar-refractivity contribution in [3.05, 3.63) is 42.0 Å². The summed E-state index contributed by atoms with van der Waals surface area (Å²) < 4.78 is 17.9. The predicted octanol–water partition coefficient (Wildman–Crippen LogP) is 3.74. The van der Waals surface area contributed by atoms with Gasteiger partial charge in [-0.25, -0.2) is 4.79 Å². The zero-order valence-corrected chi connectivity index (χ0v) is 17.7. The van der Waals surface area contributed by atoms with Crippen LogP contribution in [0.3, 0.4) is 0 Å². The SMILES string of the molecule is CC(C)[C@@H]1[C@@H](O)[C@H]2O[C@@]2(C)CC[C@@H]2O[C@@]2(C)C[C@H]1OC(=O)C=Cc1ccccc1. The minimum atomic E-state index is -0.671. The van der Waals surface area contributed by atoms with Gasteiger partial charge in [-0.05, 0) is 44.2 Å². The molecule has 29 heavy (non-hydrogen) atoms. The second kappa shape index (κ2) is 7.53. The first-order valence-electron chi connectivity index (χ1n) is 10.7. The molecule has 3 aliphatic rings. The Labute approximate surface area is 173 Å². The van der Waals surface area contributed by atoms with Crippen molar-refractivity contribution in [1.29, 1.82) is 0 Å². The van der Waals surface area contributed by atoms with Crippen molar-refractivity contribution < 1.29 is 24.1 Å². The third-order valence-electron chi connectivity index (χ3n) is 6.87. The van der Waals surface area contributed by atoms with Crippen molar-refractivity contribution in [1.82, 2.24) is 0 Å². The van der Waals surface area contributed by atoms with Crippen molar-refractivity contribution in [2.24, 2.45) is 11.8 Å². The molecule has 0 aromatic heterocycles. The lowest BCUT2D eigenvalue weighted by Crippen LogP contribution is -2.45. The van der Waals surface area contributed by atoms with Crippen LogP contribution in [0.5, 0.6) is 0 Å². The van der Waals surface area contributed by atoms with E-state index in [9.17, 15) is 9.90 Å². The highest BCUT2D eigenvalue weighted by atomic mass is 16.6. The first-order valence-corrected chi connectivity index (χ1v) is 10.7. The van der Waals surface area contributed by atoms with Crippen LogP contribution in [0.2, 0.25) is 0 Å². The first-order chi connectivity index (χ1) is 13.7. The number of benzene rings is 1. The number of rotatable bonds is 4. The molecule has 2 aliphatic heterocycles. The summed E-state index contributed by atoms with van der Waals surface area (Å²) in [5, 5.41) is 11.1. The van der Waals surface area contributed by atoms with Gasteiger partial charge in [0.1, 0.15) is 12.2 Å². The number of hydrogen-bond acceptors (Lipinski definition) is 5. The molecule has 0 spiro atoms. The average molecular weight is 401 g/mol. The number of fused-ring (bicyclic) bond motifs is 2. The molecule has 5 heteroatoms. The van der Waals surface area contributed by atoms with E-state index in [1.807, 2.05) is 30.3 Å². The molecule has 5 nitrogen and oxygen atoms in total. The van der Waals surface area contributed by atoms with Crippen LogP contribution >= 0.6 is 0 Å². The van der Waals surface area contributed by atoms with Gasteiger partial charge < -0.3 is 19.3 Å². The third-order valence-corrected chi connectivity index (χ3v) is 6.87. The fourth-order valence-electron chi connectivity index (χ4n) is 4.96. The Kier molecular flexibility index (Phi) is 5.34. The lowest BCUT2D eigenvalue weighted by Gasteiger charge is -2.34. The molecule has 1 N–H and O–H groups in total. The summed E-state index contributed by atoms with van der Waals surface area (Å²) in [6, 6.07) is 9.65. The van der Waals surface area contributed by atoms with Gasteiger partial charge in [-0.15, -0.1) is 0 Å². The average Bonchev–Trinajstić information content (AvgIpc) is 3.53. The van der Waals surface area contributed by atoms with Crippen molar-refractivity contribution in [3.8, 4) is 0 Å².